The average Bonchev–Trinajstić information content (AvgIpc) is 2.75. The molecule has 6 nitrogen and oxygen atoms in total. The Bertz CT molecular complexity index is 864. The molecule has 2 aromatic rings. The van der Waals surface area contributed by atoms with E-state index in [1.807, 2.05) is 42.5 Å². The van der Waals surface area contributed by atoms with Crippen LogP contribution in [0.15, 0.2) is 42.5 Å². The van der Waals surface area contributed by atoms with Crippen molar-refractivity contribution in [3.05, 3.63) is 42.5 Å². The molecule has 0 unspecified atom stereocenters. The summed E-state index contributed by atoms with van der Waals surface area (Å²) >= 11 is 0.753. The van der Waals surface area contributed by atoms with Crippen molar-refractivity contribution in [3.63, 3.8) is 0 Å². The Morgan fingerprint density at radius 2 is 1.29 bits per heavy atom. The zero-order valence-electron chi connectivity index (χ0n) is 18.5. The quantitative estimate of drug-likeness (QED) is 0.218. The second kappa shape index (κ2) is 12.7. The van der Waals surface area contributed by atoms with E-state index < -0.39 is 0 Å². The second-order valence-corrected chi connectivity index (χ2v) is 9.65. The SMILES string of the molecule is CC(C)C(=O)OCCOc1cc(-c2ccccc2)c(OCCOC(=O)C(C)C)c[c]1[Pb]. The van der Waals surface area contributed by atoms with Gasteiger partial charge in [-0.3, -0.25) is 0 Å². The van der Waals surface area contributed by atoms with Crippen molar-refractivity contribution in [3.8, 4) is 22.6 Å². The molecule has 2 rings (SSSR count). The van der Waals surface area contributed by atoms with E-state index in [4.69, 9.17) is 18.9 Å². The maximum atomic E-state index is 11.6. The van der Waals surface area contributed by atoms with Crippen LogP contribution >= 0.6 is 0 Å². The Morgan fingerprint density at radius 1 is 0.774 bits per heavy atom. The van der Waals surface area contributed by atoms with E-state index in [2.05, 4.69) is 0 Å². The van der Waals surface area contributed by atoms with Gasteiger partial charge in [0.15, 0.2) is 0 Å². The molecule has 31 heavy (non-hydrogen) atoms. The van der Waals surface area contributed by atoms with Crippen molar-refractivity contribution in [2.75, 3.05) is 26.4 Å². The van der Waals surface area contributed by atoms with Gasteiger partial charge in [0.25, 0.3) is 0 Å². The monoisotopic (exact) mass is 621 g/mol. The fourth-order valence-corrected chi connectivity index (χ4v) is 3.63. The van der Waals surface area contributed by atoms with Gasteiger partial charge in [-0.25, -0.2) is 0 Å². The van der Waals surface area contributed by atoms with Gasteiger partial charge in [0.1, 0.15) is 0 Å². The van der Waals surface area contributed by atoms with Crippen LogP contribution in [-0.4, -0.2) is 64.1 Å². The third kappa shape index (κ3) is 8.16. The first-order valence-electron chi connectivity index (χ1n) is 10.3. The summed E-state index contributed by atoms with van der Waals surface area (Å²) in [5, 5.41) is 0. The predicted molar refractivity (Wildman–Crippen MR) is 120 cm³/mol. The van der Waals surface area contributed by atoms with E-state index in [0.29, 0.717) is 0 Å². The third-order valence-corrected chi connectivity index (χ3v) is 5.80. The van der Waals surface area contributed by atoms with Crippen molar-refractivity contribution in [2.24, 2.45) is 11.8 Å². The zero-order valence-corrected chi connectivity index (χ0v) is 22.4. The third-order valence-electron chi connectivity index (χ3n) is 4.28. The van der Waals surface area contributed by atoms with Crippen LogP contribution in [0.1, 0.15) is 27.7 Å². The van der Waals surface area contributed by atoms with Crippen molar-refractivity contribution >= 4 is 40.8 Å². The van der Waals surface area contributed by atoms with Gasteiger partial charge >= 0.3 is 200 Å². The van der Waals surface area contributed by atoms with Gasteiger partial charge in [-0.2, -0.15) is 0 Å². The van der Waals surface area contributed by atoms with Crippen molar-refractivity contribution in [1.82, 2.24) is 0 Å². The van der Waals surface area contributed by atoms with Gasteiger partial charge in [0.2, 0.25) is 0 Å². The molecule has 0 aliphatic heterocycles. The number of carbonyl (C=O) groups is 2. The first-order valence-corrected chi connectivity index (χ1v) is 12.3. The van der Waals surface area contributed by atoms with Crippen LogP contribution < -0.4 is 12.6 Å². The Labute approximate surface area is 199 Å². The molecule has 0 fully saturated rings. The minimum atomic E-state index is -0.239. The second-order valence-electron chi connectivity index (χ2n) is 7.55. The molecule has 0 aliphatic rings. The van der Waals surface area contributed by atoms with Gasteiger partial charge in [-0.1, -0.05) is 0 Å². The molecule has 3 radical (unpaired) electrons. The molecular formula is C24H29O6Pb. The van der Waals surface area contributed by atoms with Crippen LogP contribution in [0.5, 0.6) is 11.5 Å². The first kappa shape index (κ1) is 25.2. The molecule has 165 valence electrons. The topological polar surface area (TPSA) is 71.1 Å². The number of benzene rings is 2. The number of rotatable bonds is 11. The summed E-state index contributed by atoms with van der Waals surface area (Å²) in [6, 6.07) is 13.8. The standard InChI is InChI=1S/C24H29O6.Pb/c1-17(2)23(25)29-14-12-27-20-10-11-22(28-13-15-30-24(26)18(3)4)21(16-20)19-8-6-5-7-9-19;/h5-9,11,16-18H,12-15H2,1-4H3;. The van der Waals surface area contributed by atoms with E-state index >= 15 is 0 Å². The fraction of sp³-hybridized carbons (Fsp3) is 0.417. The summed E-state index contributed by atoms with van der Waals surface area (Å²) in [7, 11) is 0. The molecule has 2 aromatic carbocycles. The van der Waals surface area contributed by atoms with E-state index in [1.165, 1.54) is 0 Å². The molecule has 0 aliphatic carbocycles. The molecule has 0 atom stereocenters. The van der Waals surface area contributed by atoms with E-state index in [9.17, 15) is 9.59 Å². The molecule has 7 heteroatoms. The van der Waals surface area contributed by atoms with Gasteiger partial charge < -0.3 is 0 Å². The van der Waals surface area contributed by atoms with Crippen LogP contribution in [0.2, 0.25) is 0 Å². The van der Waals surface area contributed by atoms with Crippen molar-refractivity contribution in [2.45, 2.75) is 27.7 Å². The minimum absolute atomic E-state index is 0.157. The Kier molecular flexibility index (Phi) is 10.3. The Balaban J connectivity index is 2.10. The zero-order chi connectivity index (χ0) is 22.8. The predicted octanol–water partition coefficient (Wildman–Crippen LogP) is 3.30. The molecule has 0 amide bonds. The number of ether oxygens (including phenoxy) is 4. The normalized spacial score (nSPS) is 10.8. The van der Waals surface area contributed by atoms with Crippen molar-refractivity contribution in [1.29, 1.82) is 0 Å². The Morgan fingerprint density at radius 3 is 1.81 bits per heavy atom. The van der Waals surface area contributed by atoms with Gasteiger partial charge in [-0.05, 0) is 0 Å². The molecule has 0 N–H and O–H groups in total. The number of carbonyl (C=O) groups excluding carboxylic acids is 2. The summed E-state index contributed by atoms with van der Waals surface area (Å²) in [4.78, 5) is 23.2. The van der Waals surface area contributed by atoms with Crippen LogP contribution in [0, 0.1) is 11.8 Å². The molecular weight excluding hydrogens is 591 g/mol. The van der Waals surface area contributed by atoms with Gasteiger partial charge in [-0.15, -0.1) is 0 Å². The summed E-state index contributed by atoms with van der Waals surface area (Å²) in [6.07, 6.45) is 0. The molecule has 0 spiro atoms. The maximum absolute atomic E-state index is 11.6. The van der Waals surface area contributed by atoms with Gasteiger partial charge in [0, 0.05) is 0 Å². The summed E-state index contributed by atoms with van der Waals surface area (Å²) in [6.45, 7) is 8.15. The number of hydrogen-bond donors (Lipinski definition) is 0. The van der Waals surface area contributed by atoms with Crippen LogP contribution in [0.25, 0.3) is 11.1 Å². The summed E-state index contributed by atoms with van der Waals surface area (Å²) in [5.41, 5.74) is 1.89. The number of esters is 2. The molecule has 0 saturated heterocycles. The summed E-state index contributed by atoms with van der Waals surface area (Å²) < 4.78 is 23.3. The van der Waals surface area contributed by atoms with E-state index in [-0.39, 0.29) is 50.2 Å². The fourth-order valence-electron chi connectivity index (χ4n) is 2.56. The van der Waals surface area contributed by atoms with Gasteiger partial charge in [0.05, 0.1) is 0 Å². The summed E-state index contributed by atoms with van der Waals surface area (Å²) in [5.74, 6) is 0.679. The van der Waals surface area contributed by atoms with Crippen LogP contribution in [0.3, 0.4) is 0 Å². The molecule has 0 saturated carbocycles. The van der Waals surface area contributed by atoms with E-state index in [1.54, 1.807) is 27.7 Å². The molecule has 0 bridgehead atoms. The molecule has 0 heterocycles. The Hall–Kier alpha value is -2.10. The first-order chi connectivity index (χ1) is 14.8. The average molecular weight is 621 g/mol. The van der Waals surface area contributed by atoms with Crippen LogP contribution in [-0.2, 0) is 19.1 Å². The number of hydrogen-bond acceptors (Lipinski definition) is 6. The van der Waals surface area contributed by atoms with Crippen molar-refractivity contribution < 1.29 is 28.5 Å². The van der Waals surface area contributed by atoms with E-state index in [0.717, 1.165) is 51.5 Å². The molecule has 0 aromatic heterocycles. The van der Waals surface area contributed by atoms with Crippen LogP contribution in [0.4, 0.5) is 0 Å².